The van der Waals surface area contributed by atoms with Crippen LogP contribution in [-0.2, 0) is 10.4 Å². The van der Waals surface area contributed by atoms with Gasteiger partial charge in [0.05, 0.1) is 0 Å². The number of fused-ring (bicyclic) bond motifs is 1. The Labute approximate surface area is 141 Å². The summed E-state index contributed by atoms with van der Waals surface area (Å²) in [5.41, 5.74) is -1.07. The number of halogens is 1. The van der Waals surface area contributed by atoms with E-state index in [4.69, 9.17) is 0 Å². The van der Waals surface area contributed by atoms with Gasteiger partial charge in [0.15, 0.2) is 5.60 Å². The first-order chi connectivity index (χ1) is 11.6. The van der Waals surface area contributed by atoms with Crippen LogP contribution in [0.1, 0.15) is 24.8 Å². The number of carbonyl (C=O) groups excluding carboxylic acids is 1. The molecule has 0 aromatic heterocycles. The Morgan fingerprint density at radius 3 is 2.58 bits per heavy atom. The van der Waals surface area contributed by atoms with Crippen molar-refractivity contribution in [1.29, 1.82) is 0 Å². The van der Waals surface area contributed by atoms with Crippen LogP contribution in [0.25, 0.3) is 0 Å². The molecule has 4 nitrogen and oxygen atoms in total. The van der Waals surface area contributed by atoms with Crippen molar-refractivity contribution < 1.29 is 14.3 Å². The maximum atomic E-state index is 13.7. The van der Waals surface area contributed by atoms with Gasteiger partial charge in [-0.25, -0.2) is 4.39 Å². The summed E-state index contributed by atoms with van der Waals surface area (Å²) in [6.07, 6.45) is 0.286. The van der Waals surface area contributed by atoms with Crippen LogP contribution in [-0.4, -0.2) is 36.8 Å². The summed E-state index contributed by atoms with van der Waals surface area (Å²) < 4.78 is 13.7. The van der Waals surface area contributed by atoms with E-state index >= 15 is 0 Å². The molecule has 3 aliphatic rings. The topological polar surface area (TPSA) is 61.4 Å². The van der Waals surface area contributed by atoms with Gasteiger partial charge in [-0.15, -0.1) is 0 Å². The quantitative estimate of drug-likeness (QED) is 0.767. The minimum atomic E-state index is -1.63. The van der Waals surface area contributed by atoms with Crippen LogP contribution in [0.5, 0.6) is 0 Å². The van der Waals surface area contributed by atoms with Crippen molar-refractivity contribution in [1.82, 2.24) is 10.6 Å². The fourth-order valence-corrected chi connectivity index (χ4v) is 4.74. The third kappa shape index (κ3) is 2.64. The van der Waals surface area contributed by atoms with Crippen LogP contribution in [0.2, 0.25) is 0 Å². The van der Waals surface area contributed by atoms with Crippen LogP contribution in [0.4, 0.5) is 4.39 Å². The van der Waals surface area contributed by atoms with Crippen molar-refractivity contribution in [2.45, 2.75) is 31.0 Å². The third-order valence-corrected chi connectivity index (χ3v) is 6.29. The lowest BCUT2D eigenvalue weighted by atomic mass is 9.79. The Bertz CT molecular complexity index is 601. The molecule has 130 valence electrons. The van der Waals surface area contributed by atoms with Crippen LogP contribution >= 0.6 is 0 Å². The van der Waals surface area contributed by atoms with E-state index in [1.54, 1.807) is 12.1 Å². The van der Waals surface area contributed by atoms with E-state index < -0.39 is 11.8 Å². The lowest BCUT2D eigenvalue weighted by Gasteiger charge is -2.33. The smallest absolute Gasteiger partial charge is 0.256 e. The second kappa shape index (κ2) is 6.12. The minimum Gasteiger partial charge on any atom is -0.375 e. The highest BCUT2D eigenvalue weighted by Crippen LogP contribution is 2.48. The van der Waals surface area contributed by atoms with E-state index in [0.29, 0.717) is 42.7 Å². The number of carbonyl (C=O) groups is 1. The lowest BCUT2D eigenvalue weighted by Crippen LogP contribution is -2.50. The highest BCUT2D eigenvalue weighted by molar-refractivity contribution is 5.86. The molecule has 1 aromatic rings. The number of hydrogen-bond donors (Lipinski definition) is 3. The SMILES string of the molecule is O=C(NCC1[C@H]2CNC[C@@H]12)C(O)(c1ccccc1)C1CCC(F)C1. The van der Waals surface area contributed by atoms with Gasteiger partial charge >= 0.3 is 0 Å². The van der Waals surface area contributed by atoms with Crippen molar-refractivity contribution in [3.63, 3.8) is 0 Å². The number of alkyl halides is 1. The molecule has 3 N–H and O–H groups in total. The molecular formula is C19H25FN2O2. The van der Waals surface area contributed by atoms with Gasteiger partial charge in [0.25, 0.3) is 5.91 Å². The predicted molar refractivity (Wildman–Crippen MR) is 88.9 cm³/mol. The summed E-state index contributed by atoms with van der Waals surface area (Å²) >= 11 is 0. The lowest BCUT2D eigenvalue weighted by molar-refractivity contribution is -0.147. The number of nitrogens with one attached hydrogen (secondary N) is 2. The summed E-state index contributed by atoms with van der Waals surface area (Å²) in [5, 5.41) is 17.6. The Balaban J connectivity index is 1.50. The third-order valence-electron chi connectivity index (χ3n) is 6.29. The van der Waals surface area contributed by atoms with Crippen molar-refractivity contribution in [2.24, 2.45) is 23.7 Å². The first-order valence-corrected chi connectivity index (χ1v) is 9.01. The molecule has 4 rings (SSSR count). The Morgan fingerprint density at radius 1 is 1.25 bits per heavy atom. The molecule has 1 heterocycles. The maximum absolute atomic E-state index is 13.7. The van der Waals surface area contributed by atoms with Crippen LogP contribution in [0.15, 0.2) is 30.3 Å². The summed E-state index contributed by atoms with van der Waals surface area (Å²) in [6, 6.07) is 9.01. The van der Waals surface area contributed by atoms with E-state index in [1.807, 2.05) is 18.2 Å². The van der Waals surface area contributed by atoms with E-state index in [2.05, 4.69) is 10.6 Å². The number of hydrogen-bond acceptors (Lipinski definition) is 3. The number of rotatable bonds is 5. The minimum absolute atomic E-state index is 0.247. The van der Waals surface area contributed by atoms with Crippen LogP contribution in [0, 0.1) is 23.7 Å². The van der Waals surface area contributed by atoms with E-state index in [1.165, 1.54) is 0 Å². The number of benzene rings is 1. The second-order valence-electron chi connectivity index (χ2n) is 7.60. The molecule has 2 aliphatic carbocycles. The molecule has 1 amide bonds. The molecule has 4 unspecified atom stereocenters. The highest BCUT2D eigenvalue weighted by Gasteiger charge is 2.54. The van der Waals surface area contributed by atoms with Crippen molar-refractivity contribution in [3.05, 3.63) is 35.9 Å². The summed E-state index contributed by atoms with van der Waals surface area (Å²) in [5.74, 6) is 1.11. The summed E-state index contributed by atoms with van der Waals surface area (Å²) in [7, 11) is 0. The van der Waals surface area contributed by atoms with Gasteiger partial charge in [-0.1, -0.05) is 30.3 Å². The summed E-state index contributed by atoms with van der Waals surface area (Å²) in [4.78, 5) is 12.9. The molecule has 0 bridgehead atoms. The molecule has 0 spiro atoms. The standard InChI is InChI=1S/C19H25FN2O2/c20-14-7-6-13(8-14)19(24,12-4-2-1-3-5-12)18(23)22-11-17-15-9-21-10-16(15)17/h1-5,13-17,21,24H,6-11H2,(H,22,23)/t13?,14?,15-,16+,17?,19?. The predicted octanol–water partition coefficient (Wildman–Crippen LogP) is 1.59. The zero-order chi connectivity index (χ0) is 16.7. The Morgan fingerprint density at radius 2 is 1.96 bits per heavy atom. The Hall–Kier alpha value is -1.46. The van der Waals surface area contributed by atoms with Gasteiger partial charge in [0.1, 0.15) is 6.17 Å². The zero-order valence-electron chi connectivity index (χ0n) is 13.7. The Kier molecular flexibility index (Phi) is 4.09. The zero-order valence-corrected chi connectivity index (χ0v) is 13.7. The van der Waals surface area contributed by atoms with E-state index in [9.17, 15) is 14.3 Å². The number of piperidine rings is 1. The molecular weight excluding hydrogens is 307 g/mol. The highest BCUT2D eigenvalue weighted by atomic mass is 19.1. The van der Waals surface area contributed by atoms with Crippen molar-refractivity contribution in [2.75, 3.05) is 19.6 Å². The molecule has 2 saturated carbocycles. The van der Waals surface area contributed by atoms with Gasteiger partial charge in [-0.3, -0.25) is 4.79 Å². The molecule has 5 heteroatoms. The van der Waals surface area contributed by atoms with Crippen LogP contribution < -0.4 is 10.6 Å². The molecule has 6 atom stereocenters. The van der Waals surface area contributed by atoms with E-state index in [0.717, 1.165) is 13.1 Å². The fraction of sp³-hybridized carbons (Fsp3) is 0.632. The largest absolute Gasteiger partial charge is 0.375 e. The molecule has 0 radical (unpaired) electrons. The molecule has 3 fully saturated rings. The van der Waals surface area contributed by atoms with Gasteiger partial charge in [0, 0.05) is 12.5 Å². The van der Waals surface area contributed by atoms with Gasteiger partial charge in [-0.2, -0.15) is 0 Å². The molecule has 1 aliphatic heterocycles. The van der Waals surface area contributed by atoms with Gasteiger partial charge in [-0.05, 0) is 55.7 Å². The second-order valence-corrected chi connectivity index (χ2v) is 7.60. The fourth-order valence-electron chi connectivity index (χ4n) is 4.74. The van der Waals surface area contributed by atoms with Crippen molar-refractivity contribution in [3.8, 4) is 0 Å². The molecule has 1 aromatic carbocycles. The average molecular weight is 332 g/mol. The molecule has 1 saturated heterocycles. The normalized spacial score (nSPS) is 36.8. The van der Waals surface area contributed by atoms with E-state index in [-0.39, 0.29) is 18.2 Å². The van der Waals surface area contributed by atoms with Gasteiger partial charge in [0.2, 0.25) is 0 Å². The first kappa shape index (κ1) is 16.0. The monoisotopic (exact) mass is 332 g/mol. The van der Waals surface area contributed by atoms with Gasteiger partial charge < -0.3 is 15.7 Å². The van der Waals surface area contributed by atoms with Crippen molar-refractivity contribution >= 4 is 5.91 Å². The average Bonchev–Trinajstić information content (AvgIpc) is 2.98. The van der Waals surface area contributed by atoms with Crippen LogP contribution in [0.3, 0.4) is 0 Å². The maximum Gasteiger partial charge on any atom is 0.256 e. The summed E-state index contributed by atoms with van der Waals surface area (Å²) in [6.45, 7) is 2.66. The first-order valence-electron chi connectivity index (χ1n) is 9.01. The number of amides is 1. The number of aliphatic hydroxyl groups is 1. The molecule has 24 heavy (non-hydrogen) atoms.